The second kappa shape index (κ2) is 9.13. The first kappa shape index (κ1) is 20.9. The van der Waals surface area contributed by atoms with Crippen molar-refractivity contribution in [2.75, 3.05) is 7.05 Å². The Kier molecular flexibility index (Phi) is 6.82. The summed E-state index contributed by atoms with van der Waals surface area (Å²) >= 11 is 0. The first-order chi connectivity index (χ1) is 13.3. The summed E-state index contributed by atoms with van der Waals surface area (Å²) in [5.41, 5.74) is 3.63. The summed E-state index contributed by atoms with van der Waals surface area (Å²) in [5.74, 6) is -1.07. The third-order valence-electron chi connectivity index (χ3n) is 6.22. The van der Waals surface area contributed by atoms with Crippen LogP contribution < -0.4 is 0 Å². The van der Waals surface area contributed by atoms with Gasteiger partial charge in [-0.15, -0.1) is 0 Å². The normalized spacial score (nSPS) is 21.2. The Morgan fingerprint density at radius 2 is 1.64 bits per heavy atom. The summed E-state index contributed by atoms with van der Waals surface area (Å²) in [7, 11) is 2.15. The molecule has 0 bridgehead atoms. The molecule has 1 saturated carbocycles. The maximum Gasteiger partial charge on any atom is 0.391 e. The Morgan fingerprint density at radius 3 is 2.25 bits per heavy atom. The minimum atomic E-state index is -4.05. The Balaban J connectivity index is 1.48. The van der Waals surface area contributed by atoms with Crippen molar-refractivity contribution < 1.29 is 13.2 Å². The van der Waals surface area contributed by atoms with Crippen LogP contribution in [0.25, 0.3) is 0 Å². The number of hydrogen-bond donors (Lipinski definition) is 0. The van der Waals surface area contributed by atoms with E-state index in [0.717, 1.165) is 24.9 Å². The number of halogens is 3. The molecular formula is C24H30F3N. The van der Waals surface area contributed by atoms with Crippen molar-refractivity contribution >= 4 is 0 Å². The zero-order valence-corrected chi connectivity index (χ0v) is 16.8. The van der Waals surface area contributed by atoms with Gasteiger partial charge in [0.15, 0.2) is 0 Å². The van der Waals surface area contributed by atoms with Crippen molar-refractivity contribution in [3.63, 3.8) is 0 Å². The molecule has 4 heteroatoms. The van der Waals surface area contributed by atoms with Gasteiger partial charge in [-0.1, -0.05) is 54.6 Å². The fraction of sp³-hybridized carbons (Fsp3) is 0.500. The number of aryl methyl sites for hydroxylation is 1. The minimum Gasteiger partial charge on any atom is -0.299 e. The molecule has 1 aliphatic carbocycles. The molecule has 1 aliphatic rings. The van der Waals surface area contributed by atoms with Crippen LogP contribution in [0.2, 0.25) is 0 Å². The highest BCUT2D eigenvalue weighted by molar-refractivity contribution is 5.26. The number of alkyl halides is 3. The molecule has 0 N–H and O–H groups in total. The van der Waals surface area contributed by atoms with E-state index in [2.05, 4.69) is 55.3 Å². The maximum atomic E-state index is 12.9. The van der Waals surface area contributed by atoms with Crippen LogP contribution in [0.4, 0.5) is 13.2 Å². The second-order valence-corrected chi connectivity index (χ2v) is 8.28. The molecule has 1 fully saturated rings. The van der Waals surface area contributed by atoms with Gasteiger partial charge in [0.2, 0.25) is 0 Å². The van der Waals surface area contributed by atoms with Gasteiger partial charge in [0.25, 0.3) is 0 Å². The van der Waals surface area contributed by atoms with E-state index < -0.39 is 12.1 Å². The van der Waals surface area contributed by atoms with Crippen LogP contribution in [0.15, 0.2) is 54.6 Å². The smallest absolute Gasteiger partial charge is 0.299 e. The second-order valence-electron chi connectivity index (χ2n) is 8.28. The van der Waals surface area contributed by atoms with Crippen molar-refractivity contribution in [1.82, 2.24) is 4.90 Å². The first-order valence-corrected chi connectivity index (χ1v) is 10.2. The van der Waals surface area contributed by atoms with E-state index in [9.17, 15) is 13.2 Å². The van der Waals surface area contributed by atoms with Crippen molar-refractivity contribution in [3.8, 4) is 0 Å². The third-order valence-corrected chi connectivity index (χ3v) is 6.22. The van der Waals surface area contributed by atoms with E-state index in [0.29, 0.717) is 12.5 Å². The topological polar surface area (TPSA) is 3.24 Å². The number of nitrogens with zero attached hydrogens (tertiary/aromatic N) is 1. The summed E-state index contributed by atoms with van der Waals surface area (Å²) in [6.45, 7) is 3.18. The highest BCUT2D eigenvalue weighted by Crippen LogP contribution is 2.45. The number of hydrogen-bond acceptors (Lipinski definition) is 1. The Hall–Kier alpha value is -1.81. The first-order valence-electron chi connectivity index (χ1n) is 10.2. The van der Waals surface area contributed by atoms with Gasteiger partial charge >= 0.3 is 6.18 Å². The summed E-state index contributed by atoms with van der Waals surface area (Å²) < 4.78 is 38.7. The molecule has 3 rings (SSSR count). The van der Waals surface area contributed by atoms with E-state index in [1.54, 1.807) is 0 Å². The summed E-state index contributed by atoms with van der Waals surface area (Å²) in [6.07, 6.45) is -0.856. The fourth-order valence-electron chi connectivity index (χ4n) is 4.16. The molecule has 3 atom stereocenters. The highest BCUT2D eigenvalue weighted by atomic mass is 19.4. The lowest BCUT2D eigenvalue weighted by Crippen LogP contribution is -2.29. The molecule has 152 valence electrons. The van der Waals surface area contributed by atoms with E-state index in [1.807, 2.05) is 18.2 Å². The van der Waals surface area contributed by atoms with Crippen LogP contribution in [-0.2, 0) is 13.0 Å². The molecular weight excluding hydrogens is 359 g/mol. The van der Waals surface area contributed by atoms with Gasteiger partial charge in [-0.3, -0.25) is 4.90 Å². The molecule has 0 radical (unpaired) electrons. The largest absolute Gasteiger partial charge is 0.391 e. The molecule has 0 spiro atoms. The van der Waals surface area contributed by atoms with Crippen molar-refractivity contribution in [1.29, 1.82) is 0 Å². The minimum absolute atomic E-state index is 0.0524. The zero-order valence-electron chi connectivity index (χ0n) is 16.8. The van der Waals surface area contributed by atoms with Gasteiger partial charge in [0.05, 0.1) is 5.92 Å². The summed E-state index contributed by atoms with van der Waals surface area (Å²) in [6, 6.07) is 19.2. The molecule has 0 heterocycles. The maximum absolute atomic E-state index is 12.9. The van der Waals surface area contributed by atoms with E-state index in [-0.39, 0.29) is 18.8 Å². The van der Waals surface area contributed by atoms with Crippen molar-refractivity contribution in [2.24, 2.45) is 5.92 Å². The van der Waals surface area contributed by atoms with Crippen LogP contribution in [0.1, 0.15) is 55.2 Å². The Morgan fingerprint density at radius 1 is 0.964 bits per heavy atom. The van der Waals surface area contributed by atoms with Gasteiger partial charge < -0.3 is 0 Å². The lowest BCUT2D eigenvalue weighted by Gasteiger charge is -2.25. The number of rotatable bonds is 7. The predicted molar refractivity (Wildman–Crippen MR) is 108 cm³/mol. The van der Waals surface area contributed by atoms with Crippen LogP contribution in [-0.4, -0.2) is 24.2 Å². The van der Waals surface area contributed by atoms with E-state index in [1.165, 1.54) is 11.1 Å². The molecule has 0 aliphatic heterocycles. The van der Waals surface area contributed by atoms with Crippen molar-refractivity contribution in [2.45, 2.75) is 63.7 Å². The van der Waals surface area contributed by atoms with Crippen LogP contribution in [0.3, 0.4) is 0 Å². The average molecular weight is 390 g/mol. The third kappa shape index (κ3) is 5.60. The fourth-order valence-corrected chi connectivity index (χ4v) is 4.16. The summed E-state index contributed by atoms with van der Waals surface area (Å²) in [5, 5.41) is 0. The van der Waals surface area contributed by atoms with Gasteiger partial charge in [-0.25, -0.2) is 0 Å². The Labute approximate surface area is 166 Å². The highest BCUT2D eigenvalue weighted by Gasteiger charge is 2.44. The molecule has 0 aromatic heterocycles. The quantitative estimate of drug-likeness (QED) is 0.517. The lowest BCUT2D eigenvalue weighted by molar-refractivity contribution is -0.172. The van der Waals surface area contributed by atoms with Gasteiger partial charge in [-0.05, 0) is 68.7 Å². The SMILES string of the molecule is CC(CCc1ccc(C2CCC(C(F)(F)F)C2)cc1)N(C)Cc1ccccc1. The molecule has 3 unspecified atom stereocenters. The van der Waals surface area contributed by atoms with Crippen molar-refractivity contribution in [3.05, 3.63) is 71.3 Å². The zero-order chi connectivity index (χ0) is 20.1. The average Bonchev–Trinajstić information content (AvgIpc) is 3.18. The monoisotopic (exact) mass is 389 g/mol. The predicted octanol–water partition coefficient (Wildman–Crippen LogP) is 6.59. The molecule has 2 aromatic rings. The molecule has 0 saturated heterocycles. The standard InChI is InChI=1S/C24H30F3N/c1-18(28(2)17-20-6-4-3-5-7-20)8-9-19-10-12-21(13-11-19)22-14-15-23(16-22)24(25,26)27/h3-7,10-13,18,22-23H,8-9,14-17H2,1-2H3. The van der Waals surface area contributed by atoms with E-state index >= 15 is 0 Å². The summed E-state index contributed by atoms with van der Waals surface area (Å²) in [4.78, 5) is 2.36. The van der Waals surface area contributed by atoms with Gasteiger partial charge in [-0.2, -0.15) is 13.2 Å². The molecule has 0 amide bonds. The lowest BCUT2D eigenvalue weighted by atomic mass is 9.94. The van der Waals surface area contributed by atoms with Crippen LogP contribution >= 0.6 is 0 Å². The van der Waals surface area contributed by atoms with E-state index in [4.69, 9.17) is 0 Å². The Bertz CT molecular complexity index is 724. The molecule has 28 heavy (non-hydrogen) atoms. The van der Waals surface area contributed by atoms with Crippen LogP contribution in [0.5, 0.6) is 0 Å². The number of benzene rings is 2. The van der Waals surface area contributed by atoms with Gasteiger partial charge in [0.1, 0.15) is 0 Å². The molecule has 2 aromatic carbocycles. The van der Waals surface area contributed by atoms with Gasteiger partial charge in [0, 0.05) is 12.6 Å². The van der Waals surface area contributed by atoms with Crippen LogP contribution in [0, 0.1) is 5.92 Å². The molecule has 1 nitrogen and oxygen atoms in total.